The minimum atomic E-state index is -3.28. The highest BCUT2D eigenvalue weighted by molar-refractivity contribution is 8.13. The third kappa shape index (κ3) is 3.94. The molecule has 1 fully saturated rings. The smallest absolute Gasteiger partial charge is 0.232 e. The Kier molecular flexibility index (Phi) is 3.16. The van der Waals surface area contributed by atoms with Crippen molar-refractivity contribution >= 4 is 19.7 Å². The molecule has 0 bridgehead atoms. The standard InChI is InChI=1S/C6H12ClNO2S/c7-11(9,10)5-6-1-3-8-4-2-6/h6,8H,1-5H2. The monoisotopic (exact) mass is 197 g/mol. The molecular weight excluding hydrogens is 186 g/mol. The largest absolute Gasteiger partial charge is 0.317 e. The van der Waals surface area contributed by atoms with Crippen LogP contribution in [0.3, 0.4) is 0 Å². The van der Waals surface area contributed by atoms with E-state index in [9.17, 15) is 8.42 Å². The number of piperidine rings is 1. The van der Waals surface area contributed by atoms with Gasteiger partial charge in [-0.15, -0.1) is 0 Å². The first-order chi connectivity index (χ1) is 5.08. The minimum Gasteiger partial charge on any atom is -0.317 e. The lowest BCUT2D eigenvalue weighted by Gasteiger charge is -2.20. The van der Waals surface area contributed by atoms with Crippen molar-refractivity contribution in [3.05, 3.63) is 0 Å². The van der Waals surface area contributed by atoms with Crippen LogP contribution in [0.5, 0.6) is 0 Å². The van der Waals surface area contributed by atoms with Gasteiger partial charge in [0.25, 0.3) is 0 Å². The molecule has 3 nitrogen and oxygen atoms in total. The van der Waals surface area contributed by atoms with Crippen LogP contribution in [0, 0.1) is 5.92 Å². The van der Waals surface area contributed by atoms with Crippen molar-refractivity contribution in [3.8, 4) is 0 Å². The molecule has 0 spiro atoms. The number of hydrogen-bond acceptors (Lipinski definition) is 3. The predicted molar refractivity (Wildman–Crippen MR) is 45.2 cm³/mol. The van der Waals surface area contributed by atoms with E-state index in [-0.39, 0.29) is 11.7 Å². The second-order valence-electron chi connectivity index (χ2n) is 2.90. The van der Waals surface area contributed by atoms with E-state index in [0.717, 1.165) is 25.9 Å². The number of rotatable bonds is 2. The number of nitrogens with one attached hydrogen (secondary N) is 1. The molecule has 0 aliphatic carbocycles. The van der Waals surface area contributed by atoms with Crippen molar-refractivity contribution in [3.63, 3.8) is 0 Å². The molecule has 1 aliphatic heterocycles. The van der Waals surface area contributed by atoms with Crippen molar-refractivity contribution in [2.75, 3.05) is 18.8 Å². The van der Waals surface area contributed by atoms with Crippen LogP contribution in [0.1, 0.15) is 12.8 Å². The maximum absolute atomic E-state index is 10.6. The summed E-state index contributed by atoms with van der Waals surface area (Å²) in [6.07, 6.45) is 1.85. The van der Waals surface area contributed by atoms with Crippen LogP contribution < -0.4 is 5.32 Å². The molecule has 0 aromatic carbocycles. The van der Waals surface area contributed by atoms with E-state index >= 15 is 0 Å². The molecule has 11 heavy (non-hydrogen) atoms. The van der Waals surface area contributed by atoms with Crippen molar-refractivity contribution in [2.45, 2.75) is 12.8 Å². The summed E-state index contributed by atoms with van der Waals surface area (Å²) in [5, 5.41) is 3.16. The Morgan fingerprint density at radius 3 is 2.36 bits per heavy atom. The third-order valence-electron chi connectivity index (χ3n) is 1.89. The Labute approximate surface area is 71.5 Å². The molecule has 0 saturated carbocycles. The Balaban J connectivity index is 2.36. The average Bonchev–Trinajstić information content (AvgIpc) is 1.85. The Bertz CT molecular complexity index is 209. The lowest BCUT2D eigenvalue weighted by molar-refractivity contribution is 0.403. The molecular formula is C6H12ClNO2S. The third-order valence-corrected chi connectivity index (χ3v) is 3.14. The maximum Gasteiger partial charge on any atom is 0.232 e. The van der Waals surface area contributed by atoms with Gasteiger partial charge in [-0.3, -0.25) is 0 Å². The molecule has 1 heterocycles. The van der Waals surface area contributed by atoms with Gasteiger partial charge >= 0.3 is 0 Å². The summed E-state index contributed by atoms with van der Waals surface area (Å²) in [7, 11) is 1.84. The van der Waals surface area contributed by atoms with E-state index in [1.807, 2.05) is 0 Å². The molecule has 1 rings (SSSR count). The van der Waals surface area contributed by atoms with Crippen LogP contribution >= 0.6 is 10.7 Å². The van der Waals surface area contributed by atoms with E-state index in [1.165, 1.54) is 0 Å². The fourth-order valence-electron chi connectivity index (χ4n) is 1.33. The van der Waals surface area contributed by atoms with E-state index < -0.39 is 9.05 Å². The highest BCUT2D eigenvalue weighted by Crippen LogP contribution is 2.15. The molecule has 0 radical (unpaired) electrons. The lowest BCUT2D eigenvalue weighted by Crippen LogP contribution is -2.30. The molecule has 1 saturated heterocycles. The van der Waals surface area contributed by atoms with E-state index in [1.54, 1.807) is 0 Å². The highest BCUT2D eigenvalue weighted by Gasteiger charge is 2.18. The fourth-order valence-corrected chi connectivity index (χ4v) is 2.76. The fraction of sp³-hybridized carbons (Fsp3) is 1.00. The Morgan fingerprint density at radius 2 is 1.91 bits per heavy atom. The predicted octanol–water partition coefficient (Wildman–Crippen LogP) is 0.555. The zero-order chi connectivity index (χ0) is 8.32. The highest BCUT2D eigenvalue weighted by atomic mass is 35.7. The van der Waals surface area contributed by atoms with Crippen molar-refractivity contribution in [2.24, 2.45) is 5.92 Å². The molecule has 0 amide bonds. The lowest BCUT2D eigenvalue weighted by atomic mass is 10.0. The summed E-state index contributed by atoms with van der Waals surface area (Å²) in [4.78, 5) is 0. The van der Waals surface area contributed by atoms with Gasteiger partial charge in [-0.2, -0.15) is 0 Å². The van der Waals surface area contributed by atoms with Crippen LogP contribution in [0.4, 0.5) is 0 Å². The topological polar surface area (TPSA) is 46.2 Å². The van der Waals surface area contributed by atoms with Gasteiger partial charge < -0.3 is 5.32 Å². The van der Waals surface area contributed by atoms with E-state index in [2.05, 4.69) is 5.32 Å². The molecule has 0 aromatic rings. The molecule has 0 atom stereocenters. The van der Waals surface area contributed by atoms with Gasteiger partial charge in [-0.05, 0) is 31.8 Å². The first-order valence-electron chi connectivity index (χ1n) is 3.71. The van der Waals surface area contributed by atoms with Crippen LogP contribution in [-0.4, -0.2) is 27.3 Å². The van der Waals surface area contributed by atoms with Crippen LogP contribution in [0.15, 0.2) is 0 Å². The summed E-state index contributed by atoms with van der Waals surface area (Å²) < 4.78 is 21.3. The zero-order valence-electron chi connectivity index (χ0n) is 6.22. The second-order valence-corrected chi connectivity index (χ2v) is 5.72. The van der Waals surface area contributed by atoms with Crippen molar-refractivity contribution in [1.29, 1.82) is 0 Å². The first kappa shape index (κ1) is 9.29. The molecule has 0 aromatic heterocycles. The molecule has 0 unspecified atom stereocenters. The van der Waals surface area contributed by atoms with Gasteiger partial charge in [-0.1, -0.05) is 0 Å². The Hall–Kier alpha value is 0.200. The van der Waals surface area contributed by atoms with Gasteiger partial charge in [0.15, 0.2) is 0 Å². The summed E-state index contributed by atoms with van der Waals surface area (Å²) in [6, 6.07) is 0. The molecule has 66 valence electrons. The normalized spacial score (nSPS) is 21.9. The van der Waals surface area contributed by atoms with Crippen LogP contribution in [0.2, 0.25) is 0 Å². The second kappa shape index (κ2) is 3.74. The van der Waals surface area contributed by atoms with Crippen molar-refractivity contribution in [1.82, 2.24) is 5.32 Å². The molecule has 1 aliphatic rings. The zero-order valence-corrected chi connectivity index (χ0v) is 7.79. The van der Waals surface area contributed by atoms with Gasteiger partial charge in [0.05, 0.1) is 5.75 Å². The summed E-state index contributed by atoms with van der Waals surface area (Å²) >= 11 is 0. The Morgan fingerprint density at radius 1 is 1.36 bits per heavy atom. The maximum atomic E-state index is 10.6. The number of halogens is 1. The average molecular weight is 198 g/mol. The number of hydrogen-bond donors (Lipinski definition) is 1. The van der Waals surface area contributed by atoms with Crippen LogP contribution in [0.25, 0.3) is 0 Å². The summed E-state index contributed by atoms with van der Waals surface area (Å²) in [5.41, 5.74) is 0. The van der Waals surface area contributed by atoms with Gasteiger partial charge in [-0.25, -0.2) is 8.42 Å². The minimum absolute atomic E-state index is 0.135. The first-order valence-corrected chi connectivity index (χ1v) is 6.19. The van der Waals surface area contributed by atoms with E-state index in [0.29, 0.717) is 0 Å². The van der Waals surface area contributed by atoms with Gasteiger partial charge in [0.1, 0.15) is 0 Å². The SMILES string of the molecule is O=S(=O)(Cl)CC1CCNCC1. The quantitative estimate of drug-likeness (QED) is 0.658. The van der Waals surface area contributed by atoms with Gasteiger partial charge in [0.2, 0.25) is 9.05 Å². The molecule has 1 N–H and O–H groups in total. The summed E-state index contributed by atoms with van der Waals surface area (Å²) in [6.45, 7) is 1.83. The molecule has 5 heteroatoms. The van der Waals surface area contributed by atoms with Crippen molar-refractivity contribution < 1.29 is 8.42 Å². The van der Waals surface area contributed by atoms with Crippen LogP contribution in [-0.2, 0) is 9.05 Å². The van der Waals surface area contributed by atoms with Gasteiger partial charge in [0, 0.05) is 10.7 Å². The van der Waals surface area contributed by atoms with E-state index in [4.69, 9.17) is 10.7 Å². The summed E-state index contributed by atoms with van der Waals surface area (Å²) in [5.74, 6) is 0.398.